The average molecular weight is 288 g/mol. The molecular weight excluding hydrogens is 279 g/mol. The average Bonchev–Trinajstić information content (AvgIpc) is 2.31. The number of hydrogen-bond acceptors (Lipinski definition) is 3. The van der Waals surface area contributed by atoms with Crippen molar-refractivity contribution in [2.75, 3.05) is 11.5 Å². The van der Waals surface area contributed by atoms with Crippen LogP contribution in [0.25, 0.3) is 11.3 Å². The maximum Gasteiger partial charge on any atom is 0.417 e. The molecule has 100 valence electrons. The SMILES string of the molecule is Nc1ccc(-c2ncc(C(F)(F)F)cc2Cl)cc1N. The second kappa shape index (κ2) is 4.62. The van der Waals surface area contributed by atoms with E-state index < -0.39 is 11.7 Å². The summed E-state index contributed by atoms with van der Waals surface area (Å²) in [4.78, 5) is 3.74. The molecule has 0 aliphatic carbocycles. The first-order chi connectivity index (χ1) is 8.79. The van der Waals surface area contributed by atoms with Crippen molar-refractivity contribution in [3.8, 4) is 11.3 Å². The number of anilines is 2. The lowest BCUT2D eigenvalue weighted by Gasteiger charge is -2.10. The van der Waals surface area contributed by atoms with Crippen LogP contribution in [0.5, 0.6) is 0 Å². The predicted octanol–water partition coefficient (Wildman–Crippen LogP) is 3.59. The van der Waals surface area contributed by atoms with Gasteiger partial charge in [-0.05, 0) is 18.2 Å². The number of nitrogens with two attached hydrogens (primary N) is 2. The predicted molar refractivity (Wildman–Crippen MR) is 68.5 cm³/mol. The fourth-order valence-corrected chi connectivity index (χ4v) is 1.80. The van der Waals surface area contributed by atoms with Crippen molar-refractivity contribution in [2.45, 2.75) is 6.18 Å². The van der Waals surface area contributed by atoms with Gasteiger partial charge in [0.05, 0.1) is 27.7 Å². The summed E-state index contributed by atoms with van der Waals surface area (Å²) in [6.07, 6.45) is -3.75. The molecular formula is C12H9ClF3N3. The Morgan fingerprint density at radius 2 is 1.74 bits per heavy atom. The van der Waals surface area contributed by atoms with Gasteiger partial charge in [0.15, 0.2) is 0 Å². The van der Waals surface area contributed by atoms with Gasteiger partial charge in [-0.3, -0.25) is 4.98 Å². The van der Waals surface area contributed by atoms with Gasteiger partial charge in [-0.25, -0.2) is 0 Å². The van der Waals surface area contributed by atoms with Crippen molar-refractivity contribution in [3.05, 3.63) is 41.0 Å². The van der Waals surface area contributed by atoms with Crippen LogP contribution >= 0.6 is 11.6 Å². The monoisotopic (exact) mass is 287 g/mol. The molecule has 0 saturated carbocycles. The maximum absolute atomic E-state index is 12.5. The van der Waals surface area contributed by atoms with Crippen molar-refractivity contribution >= 4 is 23.0 Å². The summed E-state index contributed by atoms with van der Waals surface area (Å²) in [5, 5.41) is -0.0982. The molecule has 0 saturated heterocycles. The van der Waals surface area contributed by atoms with Crippen LogP contribution in [-0.4, -0.2) is 4.98 Å². The number of hydrogen-bond donors (Lipinski definition) is 2. The van der Waals surface area contributed by atoms with Gasteiger partial charge in [-0.2, -0.15) is 13.2 Å². The van der Waals surface area contributed by atoms with E-state index in [4.69, 9.17) is 23.1 Å². The smallest absolute Gasteiger partial charge is 0.397 e. The minimum absolute atomic E-state index is 0.0982. The lowest BCUT2D eigenvalue weighted by atomic mass is 10.1. The van der Waals surface area contributed by atoms with E-state index in [9.17, 15) is 13.2 Å². The third-order valence-electron chi connectivity index (χ3n) is 2.53. The molecule has 4 N–H and O–H groups in total. The largest absolute Gasteiger partial charge is 0.417 e. The molecule has 1 heterocycles. The van der Waals surface area contributed by atoms with E-state index in [0.29, 0.717) is 16.9 Å². The second-order valence-corrected chi connectivity index (χ2v) is 4.30. The van der Waals surface area contributed by atoms with Crippen LogP contribution in [0.15, 0.2) is 30.5 Å². The number of nitrogens with zero attached hydrogens (tertiary/aromatic N) is 1. The Hall–Kier alpha value is -1.95. The number of aromatic nitrogens is 1. The molecule has 2 aromatic rings. The highest BCUT2D eigenvalue weighted by Gasteiger charge is 2.31. The van der Waals surface area contributed by atoms with Crippen LogP contribution in [0.1, 0.15) is 5.56 Å². The molecule has 0 amide bonds. The summed E-state index contributed by atoms with van der Waals surface area (Å²) in [5.74, 6) is 0. The van der Waals surface area contributed by atoms with Crippen LogP contribution in [-0.2, 0) is 6.18 Å². The summed E-state index contributed by atoms with van der Waals surface area (Å²) >= 11 is 5.83. The van der Waals surface area contributed by atoms with Gasteiger partial charge in [0.2, 0.25) is 0 Å². The Labute approximate surface area is 112 Å². The van der Waals surface area contributed by atoms with Crippen LogP contribution in [0.3, 0.4) is 0 Å². The van der Waals surface area contributed by atoms with Gasteiger partial charge in [0.1, 0.15) is 0 Å². The van der Waals surface area contributed by atoms with E-state index in [0.717, 1.165) is 12.3 Å². The fourth-order valence-electron chi connectivity index (χ4n) is 1.53. The molecule has 1 aromatic heterocycles. The molecule has 1 aromatic carbocycles. The molecule has 7 heteroatoms. The van der Waals surface area contributed by atoms with E-state index in [1.165, 1.54) is 6.07 Å². The molecule has 0 spiro atoms. The summed E-state index contributed by atoms with van der Waals surface area (Å²) in [6, 6.07) is 5.47. The zero-order chi connectivity index (χ0) is 14.2. The highest BCUT2D eigenvalue weighted by Crippen LogP contribution is 2.34. The lowest BCUT2D eigenvalue weighted by molar-refractivity contribution is -0.137. The van der Waals surface area contributed by atoms with Gasteiger partial charge in [-0.1, -0.05) is 17.7 Å². The van der Waals surface area contributed by atoms with Crippen molar-refractivity contribution in [1.82, 2.24) is 4.98 Å². The summed E-state index contributed by atoms with van der Waals surface area (Å²) < 4.78 is 37.5. The number of benzene rings is 1. The van der Waals surface area contributed by atoms with Gasteiger partial charge in [-0.15, -0.1) is 0 Å². The number of nitrogen functional groups attached to an aromatic ring is 2. The molecule has 0 bridgehead atoms. The first kappa shape index (κ1) is 13.5. The van der Waals surface area contributed by atoms with Crippen molar-refractivity contribution < 1.29 is 13.2 Å². The minimum atomic E-state index is -4.48. The highest BCUT2D eigenvalue weighted by molar-refractivity contribution is 6.33. The van der Waals surface area contributed by atoms with Crippen LogP contribution in [0.2, 0.25) is 5.02 Å². The Bertz CT molecular complexity index is 626. The molecule has 19 heavy (non-hydrogen) atoms. The van der Waals surface area contributed by atoms with E-state index in [1.54, 1.807) is 12.1 Å². The zero-order valence-corrected chi connectivity index (χ0v) is 10.3. The Kier molecular flexibility index (Phi) is 3.28. The highest BCUT2D eigenvalue weighted by atomic mass is 35.5. The first-order valence-corrected chi connectivity index (χ1v) is 5.55. The number of halogens is 4. The van der Waals surface area contributed by atoms with Crippen molar-refractivity contribution in [3.63, 3.8) is 0 Å². The fraction of sp³-hybridized carbons (Fsp3) is 0.0833. The Morgan fingerprint density at radius 3 is 2.26 bits per heavy atom. The molecule has 2 rings (SSSR count). The van der Waals surface area contributed by atoms with Gasteiger partial charge in [0, 0.05) is 11.8 Å². The number of rotatable bonds is 1. The molecule has 0 aliphatic rings. The molecule has 0 radical (unpaired) electrons. The zero-order valence-electron chi connectivity index (χ0n) is 9.50. The third kappa shape index (κ3) is 2.73. The summed E-state index contributed by atoms with van der Waals surface area (Å²) in [6.45, 7) is 0. The van der Waals surface area contributed by atoms with Crippen LogP contribution in [0.4, 0.5) is 24.5 Å². The number of alkyl halides is 3. The van der Waals surface area contributed by atoms with Gasteiger partial charge >= 0.3 is 6.18 Å². The normalized spacial score (nSPS) is 11.6. The van der Waals surface area contributed by atoms with E-state index in [-0.39, 0.29) is 10.7 Å². The molecule has 0 atom stereocenters. The molecule has 0 fully saturated rings. The third-order valence-corrected chi connectivity index (χ3v) is 2.82. The van der Waals surface area contributed by atoms with Crippen molar-refractivity contribution in [1.29, 1.82) is 0 Å². The summed E-state index contributed by atoms with van der Waals surface area (Å²) in [5.41, 5.74) is 11.7. The molecule has 0 unspecified atom stereocenters. The Balaban J connectivity index is 2.49. The topological polar surface area (TPSA) is 64.9 Å². The second-order valence-electron chi connectivity index (χ2n) is 3.90. The van der Waals surface area contributed by atoms with Crippen LogP contribution in [0, 0.1) is 0 Å². The van der Waals surface area contributed by atoms with Gasteiger partial charge < -0.3 is 11.5 Å². The van der Waals surface area contributed by atoms with Gasteiger partial charge in [0.25, 0.3) is 0 Å². The van der Waals surface area contributed by atoms with Crippen molar-refractivity contribution in [2.24, 2.45) is 0 Å². The summed E-state index contributed by atoms with van der Waals surface area (Å²) in [7, 11) is 0. The van der Waals surface area contributed by atoms with E-state index >= 15 is 0 Å². The lowest BCUT2D eigenvalue weighted by Crippen LogP contribution is -2.06. The quantitative estimate of drug-likeness (QED) is 0.788. The molecule has 0 aliphatic heterocycles. The minimum Gasteiger partial charge on any atom is -0.397 e. The van der Waals surface area contributed by atoms with Crippen LogP contribution < -0.4 is 11.5 Å². The van der Waals surface area contributed by atoms with E-state index in [2.05, 4.69) is 4.98 Å². The number of pyridine rings is 1. The Morgan fingerprint density at radius 1 is 1.05 bits per heavy atom. The maximum atomic E-state index is 12.5. The first-order valence-electron chi connectivity index (χ1n) is 5.17. The van der Waals surface area contributed by atoms with E-state index in [1.807, 2.05) is 0 Å². The molecule has 3 nitrogen and oxygen atoms in total. The standard InChI is InChI=1S/C12H9ClF3N3/c13-8-4-7(12(14,15)16)5-19-11(8)6-1-2-9(17)10(18)3-6/h1-5H,17-18H2.